The standard InChI is InChI=1S/C26H26N2OS/c1-18-9-7-13-20(17-18)24-27-25-23(21-14-5-6-15-22(21)30-25)26(29)28(24)16-8-12-19-10-3-2-4-11-19/h2-4,7,9-11,13,17H,5-6,8,12,14-16H2,1H3. The number of fused-ring (bicyclic) bond motifs is 3. The molecule has 2 heterocycles. The van der Waals surface area contributed by atoms with E-state index in [1.807, 2.05) is 10.6 Å². The van der Waals surface area contributed by atoms with Crippen molar-refractivity contribution in [3.8, 4) is 11.4 Å². The molecule has 152 valence electrons. The number of aromatic nitrogens is 2. The third kappa shape index (κ3) is 3.61. The van der Waals surface area contributed by atoms with Crippen molar-refractivity contribution in [1.29, 1.82) is 0 Å². The van der Waals surface area contributed by atoms with E-state index in [0.717, 1.165) is 47.3 Å². The molecular weight excluding hydrogens is 388 g/mol. The molecule has 0 saturated carbocycles. The molecule has 5 rings (SSSR count). The lowest BCUT2D eigenvalue weighted by atomic mass is 9.97. The summed E-state index contributed by atoms with van der Waals surface area (Å²) in [5.41, 5.74) is 4.93. The minimum atomic E-state index is 0.143. The topological polar surface area (TPSA) is 34.9 Å². The van der Waals surface area contributed by atoms with Crippen LogP contribution in [0.15, 0.2) is 59.4 Å². The smallest absolute Gasteiger partial charge is 0.262 e. The summed E-state index contributed by atoms with van der Waals surface area (Å²) >= 11 is 1.73. The van der Waals surface area contributed by atoms with Crippen molar-refractivity contribution < 1.29 is 0 Å². The van der Waals surface area contributed by atoms with Crippen molar-refractivity contribution in [1.82, 2.24) is 9.55 Å². The minimum absolute atomic E-state index is 0.143. The lowest BCUT2D eigenvalue weighted by Crippen LogP contribution is -2.24. The van der Waals surface area contributed by atoms with Gasteiger partial charge in [0.05, 0.1) is 5.39 Å². The summed E-state index contributed by atoms with van der Waals surface area (Å²) in [7, 11) is 0. The number of aryl methyl sites for hydroxylation is 4. The highest BCUT2D eigenvalue weighted by Crippen LogP contribution is 2.35. The van der Waals surface area contributed by atoms with Crippen molar-refractivity contribution in [3.05, 3.63) is 86.5 Å². The predicted octanol–water partition coefficient (Wildman–Crippen LogP) is 5.95. The van der Waals surface area contributed by atoms with Gasteiger partial charge >= 0.3 is 0 Å². The Bertz CT molecular complexity index is 1250. The fourth-order valence-electron chi connectivity index (χ4n) is 4.54. The summed E-state index contributed by atoms with van der Waals surface area (Å²) in [6.07, 6.45) is 6.37. The third-order valence-electron chi connectivity index (χ3n) is 6.04. The first-order chi connectivity index (χ1) is 14.7. The van der Waals surface area contributed by atoms with Gasteiger partial charge in [0.15, 0.2) is 0 Å². The van der Waals surface area contributed by atoms with Gasteiger partial charge < -0.3 is 0 Å². The van der Waals surface area contributed by atoms with E-state index in [9.17, 15) is 4.79 Å². The molecule has 1 aliphatic carbocycles. The third-order valence-corrected chi connectivity index (χ3v) is 7.23. The predicted molar refractivity (Wildman–Crippen MR) is 125 cm³/mol. The molecule has 0 atom stereocenters. The van der Waals surface area contributed by atoms with Gasteiger partial charge in [-0.25, -0.2) is 4.98 Å². The Balaban J connectivity index is 1.60. The van der Waals surface area contributed by atoms with Crippen LogP contribution in [0.1, 0.15) is 40.8 Å². The average Bonchev–Trinajstić information content (AvgIpc) is 3.14. The molecule has 30 heavy (non-hydrogen) atoms. The van der Waals surface area contributed by atoms with Crippen molar-refractivity contribution in [3.63, 3.8) is 0 Å². The van der Waals surface area contributed by atoms with Crippen molar-refractivity contribution in [2.75, 3.05) is 0 Å². The zero-order valence-electron chi connectivity index (χ0n) is 17.4. The summed E-state index contributed by atoms with van der Waals surface area (Å²) in [5.74, 6) is 0.808. The summed E-state index contributed by atoms with van der Waals surface area (Å²) < 4.78 is 1.93. The van der Waals surface area contributed by atoms with Gasteiger partial charge in [-0.1, -0.05) is 54.1 Å². The van der Waals surface area contributed by atoms with E-state index in [1.54, 1.807) is 11.3 Å². The van der Waals surface area contributed by atoms with Gasteiger partial charge in [-0.3, -0.25) is 9.36 Å². The van der Waals surface area contributed by atoms with Crippen LogP contribution < -0.4 is 5.56 Å². The lowest BCUT2D eigenvalue weighted by Gasteiger charge is -2.14. The van der Waals surface area contributed by atoms with Crippen LogP contribution in [-0.2, 0) is 25.8 Å². The van der Waals surface area contributed by atoms with Gasteiger partial charge in [-0.15, -0.1) is 11.3 Å². The molecule has 0 radical (unpaired) electrons. The van der Waals surface area contributed by atoms with Gasteiger partial charge in [0.1, 0.15) is 10.7 Å². The zero-order valence-corrected chi connectivity index (χ0v) is 18.2. The number of thiophene rings is 1. The molecule has 0 aliphatic heterocycles. The summed E-state index contributed by atoms with van der Waals surface area (Å²) in [5, 5.41) is 0.880. The zero-order chi connectivity index (χ0) is 20.5. The van der Waals surface area contributed by atoms with Crippen LogP contribution >= 0.6 is 11.3 Å². The molecule has 0 spiro atoms. The lowest BCUT2D eigenvalue weighted by molar-refractivity contribution is 0.623. The number of hydrogen-bond donors (Lipinski definition) is 0. The Kier molecular flexibility index (Phi) is 5.26. The molecule has 0 saturated heterocycles. The monoisotopic (exact) mass is 414 g/mol. The van der Waals surface area contributed by atoms with Crippen LogP contribution in [-0.4, -0.2) is 9.55 Å². The van der Waals surface area contributed by atoms with E-state index in [-0.39, 0.29) is 5.56 Å². The molecular formula is C26H26N2OS. The number of nitrogens with zero attached hydrogens (tertiary/aromatic N) is 2. The molecule has 0 bridgehead atoms. The van der Waals surface area contributed by atoms with Gasteiger partial charge in [0.25, 0.3) is 5.56 Å². The van der Waals surface area contributed by atoms with Gasteiger partial charge in [-0.05, 0) is 62.6 Å². The second kappa shape index (κ2) is 8.19. The largest absolute Gasteiger partial charge is 0.292 e. The summed E-state index contributed by atoms with van der Waals surface area (Å²) in [4.78, 5) is 21.1. The number of hydrogen-bond acceptors (Lipinski definition) is 3. The highest BCUT2D eigenvalue weighted by molar-refractivity contribution is 7.18. The quantitative estimate of drug-likeness (QED) is 0.405. The highest BCUT2D eigenvalue weighted by atomic mass is 32.1. The van der Waals surface area contributed by atoms with E-state index in [1.165, 1.54) is 34.4 Å². The van der Waals surface area contributed by atoms with Crippen LogP contribution in [0, 0.1) is 6.92 Å². The Morgan fingerprint density at radius 1 is 1.03 bits per heavy atom. The van der Waals surface area contributed by atoms with E-state index in [4.69, 9.17) is 4.98 Å². The second-order valence-electron chi connectivity index (χ2n) is 8.24. The van der Waals surface area contributed by atoms with Crippen molar-refractivity contribution >= 4 is 21.6 Å². The van der Waals surface area contributed by atoms with E-state index >= 15 is 0 Å². The fraction of sp³-hybridized carbons (Fsp3) is 0.308. The summed E-state index contributed by atoms with van der Waals surface area (Å²) in [6.45, 7) is 2.77. The van der Waals surface area contributed by atoms with E-state index in [2.05, 4.69) is 55.5 Å². The molecule has 0 amide bonds. The summed E-state index contributed by atoms with van der Waals surface area (Å²) in [6, 6.07) is 18.8. The molecule has 0 unspecified atom stereocenters. The molecule has 0 N–H and O–H groups in total. The van der Waals surface area contributed by atoms with Crippen LogP contribution in [0.3, 0.4) is 0 Å². The van der Waals surface area contributed by atoms with Gasteiger partial charge in [0.2, 0.25) is 0 Å². The highest BCUT2D eigenvalue weighted by Gasteiger charge is 2.22. The maximum Gasteiger partial charge on any atom is 0.262 e. The fourth-order valence-corrected chi connectivity index (χ4v) is 5.79. The number of rotatable bonds is 5. The second-order valence-corrected chi connectivity index (χ2v) is 9.33. The number of benzene rings is 2. The Morgan fingerprint density at radius 2 is 1.87 bits per heavy atom. The van der Waals surface area contributed by atoms with Gasteiger partial charge in [-0.2, -0.15) is 0 Å². The Morgan fingerprint density at radius 3 is 2.70 bits per heavy atom. The van der Waals surface area contributed by atoms with E-state index in [0.29, 0.717) is 6.54 Å². The minimum Gasteiger partial charge on any atom is -0.292 e. The maximum atomic E-state index is 13.7. The maximum absolute atomic E-state index is 13.7. The first-order valence-corrected chi connectivity index (χ1v) is 11.7. The molecule has 1 aliphatic rings. The molecule has 4 aromatic rings. The van der Waals surface area contributed by atoms with Crippen LogP contribution in [0.4, 0.5) is 0 Å². The van der Waals surface area contributed by atoms with Crippen LogP contribution in [0.2, 0.25) is 0 Å². The Labute approximate surface area is 181 Å². The molecule has 2 aromatic heterocycles. The van der Waals surface area contributed by atoms with E-state index < -0.39 is 0 Å². The first-order valence-electron chi connectivity index (χ1n) is 10.9. The van der Waals surface area contributed by atoms with Crippen LogP contribution in [0.5, 0.6) is 0 Å². The molecule has 4 heteroatoms. The average molecular weight is 415 g/mol. The molecule has 0 fully saturated rings. The van der Waals surface area contributed by atoms with Crippen LogP contribution in [0.25, 0.3) is 21.6 Å². The molecule has 2 aromatic carbocycles. The first kappa shape index (κ1) is 19.3. The van der Waals surface area contributed by atoms with Crippen molar-refractivity contribution in [2.45, 2.75) is 52.0 Å². The molecule has 3 nitrogen and oxygen atoms in total. The van der Waals surface area contributed by atoms with Gasteiger partial charge in [0, 0.05) is 17.0 Å². The Hall–Kier alpha value is -2.72. The van der Waals surface area contributed by atoms with Crippen molar-refractivity contribution in [2.24, 2.45) is 0 Å². The SMILES string of the molecule is Cc1cccc(-c2nc3sc4c(c3c(=O)n2CCCc2ccccc2)CCCC4)c1. The normalized spacial score (nSPS) is 13.5.